The monoisotopic (exact) mass is 717 g/mol. The Labute approximate surface area is 271 Å². The fourth-order valence-electron chi connectivity index (χ4n) is 5.16. The number of carbonyl (C=O) groups is 1. The lowest BCUT2D eigenvalue weighted by Gasteiger charge is -2.15. The number of H-pyrrole nitrogens is 1. The smallest absolute Gasteiger partial charge is 0.422 e. The van der Waals surface area contributed by atoms with E-state index < -0.39 is 88.2 Å². The van der Waals surface area contributed by atoms with Crippen molar-refractivity contribution in [1.82, 2.24) is 14.7 Å². The molecule has 0 bridgehead atoms. The predicted octanol–water partition coefficient (Wildman–Crippen LogP) is 6.75. The molecule has 9 nitrogen and oxygen atoms in total. The number of aromatic hydroxyl groups is 1. The van der Waals surface area contributed by atoms with Crippen molar-refractivity contribution in [2.24, 2.45) is 0 Å². The summed E-state index contributed by atoms with van der Waals surface area (Å²) >= 11 is 0. The van der Waals surface area contributed by atoms with Crippen molar-refractivity contribution < 1.29 is 62.9 Å². The average Bonchev–Trinajstić information content (AvgIpc) is 3.36. The molecule has 0 radical (unpaired) electrons. The van der Waals surface area contributed by atoms with Gasteiger partial charge in [-0.15, -0.1) is 0 Å². The zero-order chi connectivity index (χ0) is 35.9. The Morgan fingerprint density at radius 3 is 2.22 bits per heavy atom. The van der Waals surface area contributed by atoms with Gasteiger partial charge in [-0.1, -0.05) is 24.3 Å². The quantitative estimate of drug-likeness (QED) is 0.136. The highest BCUT2D eigenvalue weighted by molar-refractivity contribution is 7.89. The van der Waals surface area contributed by atoms with Crippen LogP contribution in [0.5, 0.6) is 17.4 Å². The van der Waals surface area contributed by atoms with Crippen molar-refractivity contribution in [2.75, 3.05) is 13.2 Å². The van der Waals surface area contributed by atoms with E-state index in [0.717, 1.165) is 18.2 Å². The first-order valence-corrected chi connectivity index (χ1v) is 15.6. The van der Waals surface area contributed by atoms with E-state index in [1.165, 1.54) is 43.5 Å². The number of hydrogen-bond donors (Lipinski definition) is 3. The molecule has 49 heavy (non-hydrogen) atoms. The lowest BCUT2D eigenvalue weighted by atomic mass is 9.98. The van der Waals surface area contributed by atoms with Crippen LogP contribution >= 0.6 is 0 Å². The van der Waals surface area contributed by atoms with Crippen LogP contribution in [0.2, 0.25) is 0 Å². The maximum atomic E-state index is 13.9. The lowest BCUT2D eigenvalue weighted by Crippen LogP contribution is -2.33. The van der Waals surface area contributed by atoms with Gasteiger partial charge in [0.1, 0.15) is 11.6 Å². The Bertz CT molecular complexity index is 2160. The summed E-state index contributed by atoms with van der Waals surface area (Å²) in [5, 5.41) is 10.6. The first-order chi connectivity index (χ1) is 22.8. The van der Waals surface area contributed by atoms with Crippen molar-refractivity contribution in [3.63, 3.8) is 0 Å². The Hall–Kier alpha value is -5.13. The van der Waals surface area contributed by atoms with Gasteiger partial charge in [-0.25, -0.2) is 17.2 Å². The number of alkyl halides is 6. The highest BCUT2D eigenvalue weighted by Gasteiger charge is 2.33. The number of pyridine rings is 1. The van der Waals surface area contributed by atoms with Gasteiger partial charge in [0.15, 0.2) is 24.7 Å². The SMILES string of the molecule is Cc1cc(CS(=O)(=O)NC(=O)Cc2c(F)cccc2F)ccc1-c1[nH]c(OCC(F)(F)F)c2c1c(O)c(OCC(F)(F)F)c1cccnc12. The number of aromatic nitrogens is 2. The molecule has 0 saturated heterocycles. The summed E-state index contributed by atoms with van der Waals surface area (Å²) in [4.78, 5) is 19.1. The average molecular weight is 718 g/mol. The van der Waals surface area contributed by atoms with Crippen LogP contribution in [-0.4, -0.2) is 55.0 Å². The van der Waals surface area contributed by atoms with E-state index in [4.69, 9.17) is 9.47 Å². The number of ether oxygens (including phenoxy) is 2. The van der Waals surface area contributed by atoms with E-state index in [1.54, 1.807) is 4.72 Å². The number of rotatable bonds is 10. The summed E-state index contributed by atoms with van der Waals surface area (Å²) in [5.41, 5.74) is -0.408. The Morgan fingerprint density at radius 1 is 0.939 bits per heavy atom. The topological polar surface area (TPSA) is 131 Å². The van der Waals surface area contributed by atoms with Crippen molar-refractivity contribution in [1.29, 1.82) is 0 Å². The predicted molar refractivity (Wildman–Crippen MR) is 159 cm³/mol. The van der Waals surface area contributed by atoms with Crippen LogP contribution in [-0.2, 0) is 27.0 Å². The molecule has 2 heterocycles. The molecular formula is C31H23F8N3O6S. The summed E-state index contributed by atoms with van der Waals surface area (Å²) in [7, 11) is -4.42. The Balaban J connectivity index is 1.54. The van der Waals surface area contributed by atoms with E-state index in [-0.39, 0.29) is 44.1 Å². The first-order valence-electron chi connectivity index (χ1n) is 13.9. The molecule has 260 valence electrons. The molecule has 0 atom stereocenters. The first kappa shape index (κ1) is 35.2. The second-order valence-electron chi connectivity index (χ2n) is 10.8. The summed E-state index contributed by atoms with van der Waals surface area (Å²) in [5.74, 6) is -6.13. The molecule has 18 heteroatoms. The molecule has 0 saturated carbocycles. The van der Waals surface area contributed by atoms with Gasteiger partial charge in [-0.05, 0) is 42.3 Å². The van der Waals surface area contributed by atoms with Gasteiger partial charge in [-0.3, -0.25) is 14.5 Å². The molecule has 3 aromatic carbocycles. The molecule has 0 aliphatic heterocycles. The molecule has 3 N–H and O–H groups in total. The van der Waals surface area contributed by atoms with Crippen molar-refractivity contribution in [3.8, 4) is 28.6 Å². The van der Waals surface area contributed by atoms with Gasteiger partial charge >= 0.3 is 12.4 Å². The van der Waals surface area contributed by atoms with Crippen molar-refractivity contribution in [2.45, 2.75) is 31.5 Å². The standard InChI is InChI=1S/C31H23F8N3O6S/c1-15-10-16(12-49(45,46)42-22(43)11-19-20(32)5-2-6-21(19)33)7-8-17(15)26-23-24(29(41-26)48-14-31(37,38)39)25-18(4-3-9-40-25)28(27(23)44)47-13-30(34,35)36/h2-10,41,44H,11-14H2,1H3,(H,42,43). The number of carbonyl (C=O) groups excluding carboxylic acids is 1. The Morgan fingerprint density at radius 2 is 1.59 bits per heavy atom. The van der Waals surface area contributed by atoms with Crippen LogP contribution < -0.4 is 14.2 Å². The summed E-state index contributed by atoms with van der Waals surface area (Å²) in [6, 6.07) is 9.35. The number of nitrogens with one attached hydrogen (secondary N) is 2. The molecule has 0 aliphatic carbocycles. The maximum absolute atomic E-state index is 13.9. The molecule has 0 unspecified atom stereocenters. The third-order valence-corrected chi connectivity index (χ3v) is 8.30. The highest BCUT2D eigenvalue weighted by Crippen LogP contribution is 2.50. The van der Waals surface area contributed by atoms with Crippen molar-refractivity contribution >= 4 is 37.6 Å². The van der Waals surface area contributed by atoms with Crippen LogP contribution in [0.15, 0.2) is 54.7 Å². The minimum atomic E-state index is -4.82. The van der Waals surface area contributed by atoms with Gasteiger partial charge in [0.2, 0.25) is 21.8 Å². The molecular weight excluding hydrogens is 694 g/mol. The summed E-state index contributed by atoms with van der Waals surface area (Å²) < 4.78 is 144. The second-order valence-corrected chi connectivity index (χ2v) is 12.5. The Kier molecular flexibility index (Phi) is 9.37. The number of nitrogens with zero attached hydrogens (tertiary/aromatic N) is 1. The minimum absolute atomic E-state index is 0.0913. The zero-order valence-corrected chi connectivity index (χ0v) is 25.7. The van der Waals surface area contributed by atoms with Crippen LogP contribution in [0.4, 0.5) is 35.1 Å². The number of aromatic amines is 1. The number of fused-ring (bicyclic) bond motifs is 3. The summed E-state index contributed by atoms with van der Waals surface area (Å²) in [6.45, 7) is -2.14. The van der Waals surface area contributed by atoms with Gasteiger partial charge in [-0.2, -0.15) is 26.3 Å². The minimum Gasteiger partial charge on any atom is -0.504 e. The molecule has 5 rings (SSSR count). The molecule has 2 aromatic heterocycles. The van der Waals surface area contributed by atoms with Gasteiger partial charge in [0.25, 0.3) is 0 Å². The van der Waals surface area contributed by atoms with Crippen LogP contribution in [0.25, 0.3) is 32.9 Å². The number of halogens is 8. The van der Waals surface area contributed by atoms with Crippen LogP contribution in [0.3, 0.4) is 0 Å². The maximum Gasteiger partial charge on any atom is 0.422 e. The number of hydrogen-bond acceptors (Lipinski definition) is 7. The van der Waals surface area contributed by atoms with E-state index in [9.17, 15) is 53.4 Å². The number of phenols is 1. The molecule has 0 spiro atoms. The normalized spacial score (nSPS) is 12.4. The molecule has 0 fully saturated rings. The zero-order valence-electron chi connectivity index (χ0n) is 24.9. The molecule has 0 aliphatic rings. The third-order valence-electron chi connectivity index (χ3n) is 7.05. The van der Waals surface area contributed by atoms with Crippen molar-refractivity contribution in [3.05, 3.63) is 83.1 Å². The van der Waals surface area contributed by atoms with E-state index >= 15 is 0 Å². The van der Waals surface area contributed by atoms with Crippen LogP contribution in [0, 0.1) is 18.6 Å². The number of aryl methyl sites for hydroxylation is 1. The molecule has 5 aromatic rings. The second kappa shape index (κ2) is 13.1. The third kappa shape index (κ3) is 7.96. The van der Waals surface area contributed by atoms with Gasteiger partial charge < -0.3 is 19.6 Å². The highest BCUT2D eigenvalue weighted by atomic mass is 32.2. The fourth-order valence-corrected chi connectivity index (χ4v) is 6.27. The number of sulfonamides is 1. The number of amides is 1. The number of phenolic OH excluding ortho intramolecular Hbond substituents is 1. The summed E-state index contributed by atoms with van der Waals surface area (Å²) in [6.07, 6.45) is -9.31. The van der Waals surface area contributed by atoms with E-state index in [2.05, 4.69) is 9.97 Å². The van der Waals surface area contributed by atoms with Gasteiger partial charge in [0, 0.05) is 22.7 Å². The largest absolute Gasteiger partial charge is 0.504 e. The van der Waals surface area contributed by atoms with Gasteiger partial charge in [0.05, 0.1) is 34.2 Å². The number of benzene rings is 3. The van der Waals surface area contributed by atoms with E-state index in [0.29, 0.717) is 0 Å². The molecule has 1 amide bonds. The lowest BCUT2D eigenvalue weighted by molar-refractivity contribution is -0.154. The van der Waals surface area contributed by atoms with Crippen LogP contribution in [0.1, 0.15) is 16.7 Å². The fraction of sp³-hybridized carbons (Fsp3) is 0.226. The van der Waals surface area contributed by atoms with E-state index in [1.807, 2.05) is 0 Å².